The fourth-order valence-corrected chi connectivity index (χ4v) is 1.55. The van der Waals surface area contributed by atoms with E-state index in [0.29, 0.717) is 5.69 Å². The first-order valence-electron chi connectivity index (χ1n) is 5.23. The molecule has 0 aliphatic rings. The van der Waals surface area contributed by atoms with Crippen LogP contribution < -0.4 is 11.3 Å². The van der Waals surface area contributed by atoms with Crippen LogP contribution in [0.25, 0.3) is 11.3 Å². The van der Waals surface area contributed by atoms with E-state index in [-0.39, 0.29) is 5.69 Å². The van der Waals surface area contributed by atoms with Gasteiger partial charge in [0.2, 0.25) is 0 Å². The highest BCUT2D eigenvalue weighted by Gasteiger charge is 2.09. The molecule has 92 valence electrons. The molecular weight excluding hydrogens is 234 g/mol. The van der Waals surface area contributed by atoms with Gasteiger partial charge in [-0.05, 0) is 6.07 Å². The standard InChI is InChI=1S/C12H11N3O3/c13-9-6-10(8-4-2-1-3-5-8)14-15(12(9)18)7-11(16)17/h1-6H,7,13H2,(H,16,17). The molecule has 0 bridgehead atoms. The maximum atomic E-state index is 11.6. The smallest absolute Gasteiger partial charge is 0.325 e. The van der Waals surface area contributed by atoms with E-state index in [1.54, 1.807) is 12.1 Å². The number of nitrogens with two attached hydrogens (primary N) is 1. The number of carboxylic acid groups (broad SMARTS) is 1. The number of aromatic nitrogens is 2. The van der Waals surface area contributed by atoms with E-state index in [1.807, 2.05) is 18.2 Å². The highest BCUT2D eigenvalue weighted by atomic mass is 16.4. The third-order valence-electron chi connectivity index (χ3n) is 2.36. The zero-order valence-electron chi connectivity index (χ0n) is 9.41. The number of nitrogens with zero attached hydrogens (tertiary/aromatic N) is 2. The molecule has 1 aromatic heterocycles. The lowest BCUT2D eigenvalue weighted by atomic mass is 10.1. The summed E-state index contributed by atoms with van der Waals surface area (Å²) in [6.07, 6.45) is 0. The largest absolute Gasteiger partial charge is 0.480 e. The van der Waals surface area contributed by atoms with E-state index in [2.05, 4.69) is 5.10 Å². The predicted molar refractivity (Wildman–Crippen MR) is 66.0 cm³/mol. The van der Waals surface area contributed by atoms with E-state index in [9.17, 15) is 9.59 Å². The van der Waals surface area contributed by atoms with Gasteiger partial charge in [0.05, 0.1) is 5.69 Å². The molecule has 2 rings (SSSR count). The van der Waals surface area contributed by atoms with Crippen molar-refractivity contribution in [3.05, 3.63) is 46.8 Å². The van der Waals surface area contributed by atoms with Crippen molar-refractivity contribution in [2.45, 2.75) is 6.54 Å². The molecule has 1 heterocycles. The van der Waals surface area contributed by atoms with E-state index < -0.39 is 18.1 Å². The molecule has 6 nitrogen and oxygen atoms in total. The molecule has 0 aliphatic heterocycles. The second-order valence-electron chi connectivity index (χ2n) is 3.71. The molecule has 0 saturated carbocycles. The van der Waals surface area contributed by atoms with Crippen LogP contribution in [0.2, 0.25) is 0 Å². The molecule has 2 aromatic rings. The van der Waals surface area contributed by atoms with Crippen LogP contribution in [0.4, 0.5) is 5.69 Å². The molecule has 0 aliphatic carbocycles. The monoisotopic (exact) mass is 245 g/mol. The first-order chi connectivity index (χ1) is 8.58. The van der Waals surface area contributed by atoms with Crippen molar-refractivity contribution in [3.8, 4) is 11.3 Å². The van der Waals surface area contributed by atoms with Crippen LogP contribution >= 0.6 is 0 Å². The number of nitrogen functional groups attached to an aromatic ring is 1. The third-order valence-corrected chi connectivity index (χ3v) is 2.36. The minimum atomic E-state index is -1.14. The van der Waals surface area contributed by atoms with Crippen LogP contribution in [0.15, 0.2) is 41.2 Å². The molecule has 3 N–H and O–H groups in total. The van der Waals surface area contributed by atoms with Crippen LogP contribution in [-0.2, 0) is 11.3 Å². The number of hydrogen-bond donors (Lipinski definition) is 2. The lowest BCUT2D eigenvalue weighted by Crippen LogP contribution is -2.28. The highest BCUT2D eigenvalue weighted by Crippen LogP contribution is 2.16. The second-order valence-corrected chi connectivity index (χ2v) is 3.71. The van der Waals surface area contributed by atoms with Gasteiger partial charge < -0.3 is 10.8 Å². The van der Waals surface area contributed by atoms with Gasteiger partial charge in [0.1, 0.15) is 12.2 Å². The van der Waals surface area contributed by atoms with Gasteiger partial charge in [0, 0.05) is 5.56 Å². The van der Waals surface area contributed by atoms with Crippen molar-refractivity contribution in [1.82, 2.24) is 9.78 Å². The van der Waals surface area contributed by atoms with Gasteiger partial charge >= 0.3 is 5.97 Å². The first-order valence-corrected chi connectivity index (χ1v) is 5.23. The van der Waals surface area contributed by atoms with Crippen molar-refractivity contribution in [2.24, 2.45) is 0 Å². The van der Waals surface area contributed by atoms with E-state index >= 15 is 0 Å². The van der Waals surface area contributed by atoms with Gasteiger partial charge in [-0.25, -0.2) is 4.68 Å². The molecular formula is C12H11N3O3. The van der Waals surface area contributed by atoms with Crippen molar-refractivity contribution < 1.29 is 9.90 Å². The number of hydrogen-bond acceptors (Lipinski definition) is 4. The minimum Gasteiger partial charge on any atom is -0.480 e. The summed E-state index contributed by atoms with van der Waals surface area (Å²) in [6.45, 7) is -0.510. The Kier molecular flexibility index (Phi) is 3.09. The Morgan fingerprint density at radius 1 is 1.33 bits per heavy atom. The third kappa shape index (κ3) is 2.37. The Hall–Kier alpha value is -2.63. The summed E-state index contributed by atoms with van der Waals surface area (Å²) in [5, 5.41) is 12.7. The topological polar surface area (TPSA) is 98.2 Å². The summed E-state index contributed by atoms with van der Waals surface area (Å²) in [7, 11) is 0. The van der Waals surface area contributed by atoms with Crippen LogP contribution in [0.1, 0.15) is 0 Å². The van der Waals surface area contributed by atoms with Crippen LogP contribution in [0, 0.1) is 0 Å². The van der Waals surface area contributed by atoms with Crippen molar-refractivity contribution in [2.75, 3.05) is 5.73 Å². The summed E-state index contributed by atoms with van der Waals surface area (Å²) < 4.78 is 0.847. The lowest BCUT2D eigenvalue weighted by Gasteiger charge is -2.06. The van der Waals surface area contributed by atoms with Gasteiger partial charge in [-0.15, -0.1) is 0 Å². The van der Waals surface area contributed by atoms with E-state index in [4.69, 9.17) is 10.8 Å². The fraction of sp³-hybridized carbons (Fsp3) is 0.0833. The van der Waals surface area contributed by atoms with E-state index in [0.717, 1.165) is 10.2 Å². The van der Waals surface area contributed by atoms with Gasteiger partial charge in [-0.2, -0.15) is 5.10 Å². The lowest BCUT2D eigenvalue weighted by molar-refractivity contribution is -0.137. The maximum Gasteiger partial charge on any atom is 0.325 e. The number of carbonyl (C=O) groups is 1. The summed E-state index contributed by atoms with van der Waals surface area (Å²) >= 11 is 0. The summed E-state index contributed by atoms with van der Waals surface area (Å²) in [4.78, 5) is 22.2. The molecule has 0 unspecified atom stereocenters. The zero-order chi connectivity index (χ0) is 13.1. The molecule has 0 saturated heterocycles. The van der Waals surface area contributed by atoms with Gasteiger partial charge in [0.15, 0.2) is 0 Å². The molecule has 1 aromatic carbocycles. The Morgan fingerprint density at radius 3 is 2.61 bits per heavy atom. The van der Waals surface area contributed by atoms with Gasteiger partial charge in [0.25, 0.3) is 5.56 Å². The number of aliphatic carboxylic acids is 1. The maximum absolute atomic E-state index is 11.6. The highest BCUT2D eigenvalue weighted by molar-refractivity contribution is 5.67. The Bertz CT molecular complexity index is 635. The normalized spacial score (nSPS) is 10.2. The van der Waals surface area contributed by atoms with Crippen LogP contribution in [0.5, 0.6) is 0 Å². The zero-order valence-corrected chi connectivity index (χ0v) is 9.41. The van der Waals surface area contributed by atoms with Crippen LogP contribution in [-0.4, -0.2) is 20.9 Å². The molecule has 0 spiro atoms. The molecule has 0 amide bonds. The van der Waals surface area contributed by atoms with E-state index in [1.165, 1.54) is 6.07 Å². The molecule has 0 fully saturated rings. The summed E-state index contributed by atoms with van der Waals surface area (Å²) in [5.74, 6) is -1.14. The average molecular weight is 245 g/mol. The number of rotatable bonds is 3. The molecule has 18 heavy (non-hydrogen) atoms. The molecule has 0 atom stereocenters. The quantitative estimate of drug-likeness (QED) is 0.824. The predicted octanol–water partition coefficient (Wildman–Crippen LogP) is 0.577. The Labute approximate surface area is 102 Å². The SMILES string of the molecule is Nc1cc(-c2ccccc2)nn(CC(=O)O)c1=O. The van der Waals surface area contributed by atoms with Crippen LogP contribution in [0.3, 0.4) is 0 Å². The second kappa shape index (κ2) is 4.70. The Morgan fingerprint density at radius 2 is 2.00 bits per heavy atom. The molecule has 6 heteroatoms. The van der Waals surface area contributed by atoms with Gasteiger partial charge in [-0.3, -0.25) is 9.59 Å². The number of carboxylic acids is 1. The average Bonchev–Trinajstić information content (AvgIpc) is 2.35. The first kappa shape index (κ1) is 11.8. The number of anilines is 1. The Balaban J connectivity index is 2.54. The van der Waals surface area contributed by atoms with Crippen molar-refractivity contribution in [3.63, 3.8) is 0 Å². The minimum absolute atomic E-state index is 0.0231. The number of benzene rings is 1. The summed E-state index contributed by atoms with van der Waals surface area (Å²) in [6, 6.07) is 10.5. The van der Waals surface area contributed by atoms with Gasteiger partial charge in [-0.1, -0.05) is 30.3 Å². The van der Waals surface area contributed by atoms with Crippen molar-refractivity contribution in [1.29, 1.82) is 0 Å². The molecule has 0 radical (unpaired) electrons. The summed E-state index contributed by atoms with van der Waals surface area (Å²) in [5.41, 5.74) is 6.18. The van der Waals surface area contributed by atoms with Crippen molar-refractivity contribution >= 4 is 11.7 Å². The fourth-order valence-electron chi connectivity index (χ4n) is 1.55.